The number of fused-ring (bicyclic) bond motifs is 1. The molecule has 0 unspecified atom stereocenters. The number of hydrogen-bond acceptors (Lipinski definition) is 6. The van der Waals surface area contributed by atoms with Gasteiger partial charge in [-0.1, -0.05) is 12.1 Å². The summed E-state index contributed by atoms with van der Waals surface area (Å²) in [6, 6.07) is 8.15. The van der Waals surface area contributed by atoms with Gasteiger partial charge >= 0.3 is 0 Å². The molecule has 2 atom stereocenters. The zero-order chi connectivity index (χ0) is 19.4. The molecule has 0 spiro atoms. The van der Waals surface area contributed by atoms with Gasteiger partial charge in [-0.05, 0) is 25.1 Å². The summed E-state index contributed by atoms with van der Waals surface area (Å²) in [6.07, 6.45) is 0. The molecule has 1 amide bonds. The highest BCUT2D eigenvalue weighted by Gasteiger charge is 2.36. The number of aliphatic hydroxyl groups excluding tert-OH is 1. The number of methoxy groups -OCH3 is 1. The van der Waals surface area contributed by atoms with Crippen molar-refractivity contribution >= 4 is 16.9 Å². The molecular formula is C20H26N2O5. The molecular weight excluding hydrogens is 348 g/mol. The highest BCUT2D eigenvalue weighted by molar-refractivity contribution is 5.93. The molecule has 0 saturated carbocycles. The molecule has 1 saturated heterocycles. The van der Waals surface area contributed by atoms with E-state index in [0.29, 0.717) is 30.7 Å². The number of rotatable bonds is 7. The molecule has 1 N–H and O–H groups in total. The fraction of sp³-hybridized carbons (Fsp3) is 0.500. The van der Waals surface area contributed by atoms with Gasteiger partial charge in [-0.15, -0.1) is 0 Å². The van der Waals surface area contributed by atoms with Crippen molar-refractivity contribution in [2.45, 2.75) is 0 Å². The van der Waals surface area contributed by atoms with Crippen LogP contribution in [0.15, 0.2) is 39.5 Å². The maximum absolute atomic E-state index is 12.9. The summed E-state index contributed by atoms with van der Waals surface area (Å²) in [5, 5.41) is 10.2. The summed E-state index contributed by atoms with van der Waals surface area (Å²) < 4.78 is 10.8. The first-order valence-electron chi connectivity index (χ1n) is 9.14. The van der Waals surface area contributed by atoms with E-state index in [0.717, 1.165) is 13.1 Å². The van der Waals surface area contributed by atoms with Crippen molar-refractivity contribution in [2.75, 3.05) is 53.6 Å². The van der Waals surface area contributed by atoms with E-state index in [4.69, 9.17) is 9.15 Å². The molecule has 3 rings (SSSR count). The molecule has 1 fully saturated rings. The Hall–Kier alpha value is -2.22. The van der Waals surface area contributed by atoms with Gasteiger partial charge in [0.15, 0.2) is 11.2 Å². The first-order valence-corrected chi connectivity index (χ1v) is 9.14. The molecule has 0 bridgehead atoms. The topological polar surface area (TPSA) is 83.2 Å². The lowest BCUT2D eigenvalue weighted by atomic mass is 9.96. The Morgan fingerprint density at radius 3 is 2.81 bits per heavy atom. The highest BCUT2D eigenvalue weighted by Crippen LogP contribution is 2.26. The molecule has 7 heteroatoms. The summed E-state index contributed by atoms with van der Waals surface area (Å²) >= 11 is 0. The van der Waals surface area contributed by atoms with Gasteiger partial charge in [-0.3, -0.25) is 9.59 Å². The number of aliphatic hydroxyl groups is 1. The highest BCUT2D eigenvalue weighted by atomic mass is 16.5. The standard InChI is InChI=1S/C20H26N2O5/c1-21(7-8-26-2)10-14-11-22(12-15(14)13-23)20(25)19-9-17(24)16-5-3-4-6-18(16)27-19/h3-6,9,14-15,23H,7-8,10-13H2,1-2H3/t14-,15-/m1/s1. The zero-order valence-electron chi connectivity index (χ0n) is 15.8. The van der Waals surface area contributed by atoms with E-state index >= 15 is 0 Å². The molecule has 1 aromatic heterocycles. The Balaban J connectivity index is 1.74. The molecule has 0 radical (unpaired) electrons. The fourth-order valence-electron chi connectivity index (χ4n) is 3.62. The minimum absolute atomic E-state index is 0.00567. The lowest BCUT2D eigenvalue weighted by Crippen LogP contribution is -2.34. The van der Waals surface area contributed by atoms with Gasteiger partial charge in [-0.25, -0.2) is 0 Å². The monoisotopic (exact) mass is 374 g/mol. The van der Waals surface area contributed by atoms with Crippen LogP contribution < -0.4 is 5.43 Å². The van der Waals surface area contributed by atoms with E-state index < -0.39 is 0 Å². The Labute approximate surface area is 158 Å². The minimum atomic E-state index is -0.307. The Kier molecular flexibility index (Phi) is 6.26. The van der Waals surface area contributed by atoms with Gasteiger partial charge in [0.25, 0.3) is 5.91 Å². The van der Waals surface area contributed by atoms with Crippen LogP contribution in [0.5, 0.6) is 0 Å². The first-order chi connectivity index (χ1) is 13.0. The summed E-state index contributed by atoms with van der Waals surface area (Å²) in [4.78, 5) is 29.0. The van der Waals surface area contributed by atoms with Gasteiger partial charge in [0.05, 0.1) is 12.0 Å². The summed E-state index contributed by atoms with van der Waals surface area (Å²) in [5.74, 6) is -0.0961. The maximum atomic E-state index is 12.9. The molecule has 0 aliphatic carbocycles. The molecule has 2 aromatic rings. The number of hydrogen-bond donors (Lipinski definition) is 1. The minimum Gasteiger partial charge on any atom is -0.451 e. The molecule has 2 heterocycles. The molecule has 1 aliphatic heterocycles. The Morgan fingerprint density at radius 1 is 1.33 bits per heavy atom. The van der Waals surface area contributed by atoms with Crippen LogP contribution in [0.2, 0.25) is 0 Å². The van der Waals surface area contributed by atoms with E-state index in [1.807, 2.05) is 7.05 Å². The van der Waals surface area contributed by atoms with Crippen LogP contribution in [0.1, 0.15) is 10.6 Å². The second kappa shape index (κ2) is 8.65. The number of amides is 1. The van der Waals surface area contributed by atoms with E-state index in [1.54, 1.807) is 36.3 Å². The average molecular weight is 374 g/mol. The number of carbonyl (C=O) groups excluding carboxylic acids is 1. The van der Waals surface area contributed by atoms with Gasteiger partial charge < -0.3 is 24.1 Å². The number of ether oxygens (including phenoxy) is 1. The van der Waals surface area contributed by atoms with Crippen LogP contribution in [0.4, 0.5) is 0 Å². The number of carbonyl (C=O) groups is 1. The van der Waals surface area contributed by atoms with Gasteiger partial charge in [-0.2, -0.15) is 0 Å². The molecule has 1 aliphatic rings. The first kappa shape index (κ1) is 19.5. The number of nitrogens with zero attached hydrogens (tertiary/aromatic N) is 2. The van der Waals surface area contributed by atoms with Crippen LogP contribution in [-0.4, -0.2) is 74.4 Å². The molecule has 146 valence electrons. The van der Waals surface area contributed by atoms with Gasteiger partial charge in [0.1, 0.15) is 5.58 Å². The molecule has 27 heavy (non-hydrogen) atoms. The number of para-hydroxylation sites is 1. The van der Waals surface area contributed by atoms with Crippen molar-refractivity contribution in [2.24, 2.45) is 11.8 Å². The van der Waals surface area contributed by atoms with Crippen LogP contribution in [0.25, 0.3) is 11.0 Å². The van der Waals surface area contributed by atoms with Crippen LogP contribution in [0.3, 0.4) is 0 Å². The van der Waals surface area contributed by atoms with E-state index in [1.165, 1.54) is 6.07 Å². The zero-order valence-corrected chi connectivity index (χ0v) is 15.8. The van der Waals surface area contributed by atoms with Crippen LogP contribution in [0, 0.1) is 11.8 Å². The third kappa shape index (κ3) is 4.37. The number of likely N-dealkylation sites (N-methyl/N-ethyl adjacent to an activating group) is 1. The largest absolute Gasteiger partial charge is 0.451 e. The fourth-order valence-corrected chi connectivity index (χ4v) is 3.62. The third-order valence-corrected chi connectivity index (χ3v) is 5.17. The van der Waals surface area contributed by atoms with Crippen LogP contribution >= 0.6 is 0 Å². The molecule has 7 nitrogen and oxygen atoms in total. The predicted octanol–water partition coefficient (Wildman–Crippen LogP) is 1.05. The third-order valence-electron chi connectivity index (χ3n) is 5.17. The van der Waals surface area contributed by atoms with Crippen molar-refractivity contribution in [1.82, 2.24) is 9.80 Å². The van der Waals surface area contributed by atoms with Crippen molar-refractivity contribution in [1.29, 1.82) is 0 Å². The van der Waals surface area contributed by atoms with Gasteiger partial charge in [0, 0.05) is 51.9 Å². The van der Waals surface area contributed by atoms with E-state index in [-0.39, 0.29) is 35.5 Å². The summed E-state index contributed by atoms with van der Waals surface area (Å²) in [6.45, 7) is 3.19. The number of likely N-dealkylation sites (tertiary alicyclic amines) is 1. The summed E-state index contributed by atoms with van der Waals surface area (Å²) in [5.41, 5.74) is 0.177. The smallest absolute Gasteiger partial charge is 0.289 e. The second-order valence-corrected chi connectivity index (χ2v) is 7.14. The van der Waals surface area contributed by atoms with Crippen molar-refractivity contribution in [3.8, 4) is 0 Å². The predicted molar refractivity (Wildman–Crippen MR) is 102 cm³/mol. The normalized spacial score (nSPS) is 19.9. The van der Waals surface area contributed by atoms with Gasteiger partial charge in [0.2, 0.25) is 0 Å². The van der Waals surface area contributed by atoms with E-state index in [2.05, 4.69) is 4.90 Å². The lowest BCUT2D eigenvalue weighted by Gasteiger charge is -2.23. The SMILES string of the molecule is COCCN(C)C[C@@H]1CN(C(=O)c2cc(=O)c3ccccc3o2)C[C@@H]1CO. The van der Waals surface area contributed by atoms with E-state index in [9.17, 15) is 14.7 Å². The number of benzene rings is 1. The van der Waals surface area contributed by atoms with Crippen molar-refractivity contribution in [3.05, 3.63) is 46.3 Å². The molecule has 1 aromatic carbocycles. The van der Waals surface area contributed by atoms with Crippen molar-refractivity contribution < 1.29 is 19.1 Å². The quantitative estimate of drug-likeness (QED) is 0.780. The second-order valence-electron chi connectivity index (χ2n) is 7.14. The average Bonchev–Trinajstić information content (AvgIpc) is 3.08. The maximum Gasteiger partial charge on any atom is 0.289 e. The Bertz CT molecular complexity index is 850. The van der Waals surface area contributed by atoms with Crippen molar-refractivity contribution in [3.63, 3.8) is 0 Å². The van der Waals surface area contributed by atoms with Crippen LogP contribution in [-0.2, 0) is 4.74 Å². The Morgan fingerprint density at radius 2 is 2.07 bits per heavy atom. The lowest BCUT2D eigenvalue weighted by molar-refractivity contribution is 0.0747. The summed E-state index contributed by atoms with van der Waals surface area (Å²) in [7, 11) is 3.66.